The summed E-state index contributed by atoms with van der Waals surface area (Å²) in [4.78, 5) is 12.6. The van der Waals surface area contributed by atoms with E-state index in [1.807, 2.05) is 41.0 Å². The normalized spacial score (nSPS) is 17.1. The third kappa shape index (κ3) is 5.20. The van der Waals surface area contributed by atoms with Gasteiger partial charge in [0, 0.05) is 22.6 Å². The summed E-state index contributed by atoms with van der Waals surface area (Å²) < 4.78 is 25.2. The minimum atomic E-state index is -0.725. The van der Waals surface area contributed by atoms with Crippen LogP contribution in [-0.4, -0.2) is 41.6 Å². The van der Waals surface area contributed by atoms with Crippen molar-refractivity contribution in [2.45, 2.75) is 52.7 Å². The number of carbonyl (C=O) groups is 1. The smallest absolute Gasteiger partial charge is 0.308 e. The van der Waals surface area contributed by atoms with Gasteiger partial charge >= 0.3 is 5.97 Å². The second-order valence-corrected chi connectivity index (χ2v) is 10.3. The molecular weight excluding hydrogens is 482 g/mol. The summed E-state index contributed by atoms with van der Waals surface area (Å²) in [6.45, 7) is 8.48. The maximum atomic E-state index is 12.6. The van der Waals surface area contributed by atoms with E-state index in [-0.39, 0.29) is 24.4 Å². The highest BCUT2D eigenvalue weighted by molar-refractivity contribution is 6.30. The number of carbonyl (C=O) groups excluding carboxylic acids is 1. The highest BCUT2D eigenvalue weighted by atomic mass is 35.5. The maximum absolute atomic E-state index is 12.6. The quantitative estimate of drug-likeness (QED) is 0.378. The Balaban J connectivity index is 1.97. The van der Waals surface area contributed by atoms with Crippen LogP contribution in [0.4, 0.5) is 0 Å². The number of ether oxygens (including phenoxy) is 4. The molecule has 0 saturated heterocycles. The molecule has 0 saturated carbocycles. The number of nitrogens with zero attached hydrogens (tertiary/aromatic N) is 3. The summed E-state index contributed by atoms with van der Waals surface area (Å²) >= 11 is 6.50. The van der Waals surface area contributed by atoms with Gasteiger partial charge in [-0.2, -0.15) is 0 Å². The average molecular weight is 514 g/mol. The molecular formula is C27H32ClN3O5. The van der Waals surface area contributed by atoms with Crippen LogP contribution in [0, 0.1) is 5.41 Å². The molecule has 0 fully saturated rings. The van der Waals surface area contributed by atoms with E-state index in [1.165, 1.54) is 0 Å². The number of methoxy groups -OCH3 is 2. The average Bonchev–Trinajstić information content (AvgIpc) is 3.17. The van der Waals surface area contributed by atoms with Gasteiger partial charge in [0.05, 0.1) is 32.9 Å². The van der Waals surface area contributed by atoms with Crippen molar-refractivity contribution in [1.29, 1.82) is 0 Å². The van der Waals surface area contributed by atoms with Gasteiger partial charge < -0.3 is 18.9 Å². The van der Waals surface area contributed by atoms with Crippen molar-refractivity contribution in [1.82, 2.24) is 14.8 Å². The molecule has 8 nitrogen and oxygen atoms in total. The molecule has 0 radical (unpaired) electrons. The molecule has 9 heteroatoms. The van der Waals surface area contributed by atoms with Gasteiger partial charge in [-0.05, 0) is 36.6 Å². The van der Waals surface area contributed by atoms with Gasteiger partial charge in [0.1, 0.15) is 18.0 Å². The van der Waals surface area contributed by atoms with Crippen molar-refractivity contribution < 1.29 is 23.7 Å². The van der Waals surface area contributed by atoms with E-state index in [1.54, 1.807) is 21.1 Å². The SMILES string of the molecule is CCOC(=O)CC1OC(c2cccc(OC)c2OC)c2cc(Cl)ccc2-n2c(CC(C)(C)C)nnc21. The van der Waals surface area contributed by atoms with Crippen molar-refractivity contribution in [3.05, 3.63) is 64.2 Å². The third-order valence-electron chi connectivity index (χ3n) is 5.92. The second-order valence-electron chi connectivity index (χ2n) is 9.85. The van der Waals surface area contributed by atoms with E-state index >= 15 is 0 Å². The molecule has 0 spiro atoms. The van der Waals surface area contributed by atoms with Crippen LogP contribution in [0.2, 0.25) is 5.02 Å². The molecule has 0 N–H and O–H groups in total. The molecule has 2 atom stereocenters. The molecule has 3 aromatic rings. The first-order valence-electron chi connectivity index (χ1n) is 11.9. The zero-order valence-corrected chi connectivity index (χ0v) is 22.3. The maximum Gasteiger partial charge on any atom is 0.308 e. The van der Waals surface area contributed by atoms with E-state index in [4.69, 9.17) is 30.5 Å². The molecule has 1 aromatic heterocycles. The predicted octanol–water partition coefficient (Wildman–Crippen LogP) is 5.64. The highest BCUT2D eigenvalue weighted by Gasteiger charge is 2.37. The largest absolute Gasteiger partial charge is 0.493 e. The van der Waals surface area contributed by atoms with Gasteiger partial charge in [0.15, 0.2) is 17.3 Å². The van der Waals surface area contributed by atoms with Crippen LogP contribution in [0.3, 0.4) is 0 Å². The van der Waals surface area contributed by atoms with E-state index in [0.717, 1.165) is 22.6 Å². The standard InChI is InChI=1S/C27H32ClN3O5/c1-7-35-23(32)14-21-26-30-29-22(15-27(2,3)4)31(26)19-12-11-16(28)13-18(19)24(36-21)17-9-8-10-20(33-5)25(17)34-6/h8-13,21,24H,7,14-15H2,1-6H3. The minimum absolute atomic E-state index is 0.0218. The third-order valence-corrected chi connectivity index (χ3v) is 6.15. The molecule has 0 aliphatic carbocycles. The molecule has 1 aliphatic heterocycles. The topological polar surface area (TPSA) is 84.7 Å². The number of rotatable bonds is 7. The lowest BCUT2D eigenvalue weighted by atomic mass is 9.91. The first-order chi connectivity index (χ1) is 17.2. The van der Waals surface area contributed by atoms with Crippen LogP contribution >= 0.6 is 11.6 Å². The van der Waals surface area contributed by atoms with Crippen molar-refractivity contribution in [2.75, 3.05) is 20.8 Å². The Labute approximate surface area is 216 Å². The molecule has 1 aliphatic rings. The van der Waals surface area contributed by atoms with Crippen molar-refractivity contribution in [2.24, 2.45) is 5.41 Å². The first-order valence-corrected chi connectivity index (χ1v) is 12.3. The number of esters is 1. The Hall–Kier alpha value is -3.10. The lowest BCUT2D eigenvalue weighted by molar-refractivity contribution is -0.147. The number of para-hydroxylation sites is 1. The van der Waals surface area contributed by atoms with Crippen LogP contribution in [0.1, 0.15) is 69.1 Å². The first kappa shape index (κ1) is 26.0. The number of aromatic nitrogens is 3. The van der Waals surface area contributed by atoms with E-state index in [0.29, 0.717) is 28.8 Å². The molecule has 4 rings (SSSR count). The van der Waals surface area contributed by atoms with Crippen LogP contribution in [-0.2, 0) is 20.7 Å². The Morgan fingerprint density at radius 1 is 1.11 bits per heavy atom. The lowest BCUT2D eigenvalue weighted by Crippen LogP contribution is -2.18. The number of hydrogen-bond acceptors (Lipinski definition) is 7. The molecule has 2 heterocycles. The summed E-state index contributed by atoms with van der Waals surface area (Å²) in [5, 5.41) is 9.58. The van der Waals surface area contributed by atoms with Gasteiger partial charge in [0.2, 0.25) is 0 Å². The Kier molecular flexibility index (Phi) is 7.57. The van der Waals surface area contributed by atoms with E-state index in [2.05, 4.69) is 31.0 Å². The number of benzene rings is 2. The molecule has 0 amide bonds. The number of fused-ring (bicyclic) bond motifs is 3. The molecule has 36 heavy (non-hydrogen) atoms. The lowest BCUT2D eigenvalue weighted by Gasteiger charge is -2.24. The zero-order valence-electron chi connectivity index (χ0n) is 21.5. The molecule has 2 aromatic carbocycles. The van der Waals surface area contributed by atoms with Gasteiger partial charge in [-0.1, -0.05) is 44.5 Å². The van der Waals surface area contributed by atoms with Crippen LogP contribution in [0.25, 0.3) is 5.69 Å². The number of hydrogen-bond donors (Lipinski definition) is 0. The van der Waals surface area contributed by atoms with Crippen molar-refractivity contribution in [3.8, 4) is 17.2 Å². The molecule has 2 unspecified atom stereocenters. The summed E-state index contributed by atoms with van der Waals surface area (Å²) in [5.41, 5.74) is 2.33. The zero-order chi connectivity index (χ0) is 26.0. The molecule has 0 bridgehead atoms. The van der Waals surface area contributed by atoms with Crippen molar-refractivity contribution >= 4 is 17.6 Å². The fourth-order valence-corrected chi connectivity index (χ4v) is 4.68. The summed E-state index contributed by atoms with van der Waals surface area (Å²) in [7, 11) is 3.17. The highest BCUT2D eigenvalue weighted by Crippen LogP contribution is 2.46. The van der Waals surface area contributed by atoms with Crippen LogP contribution in [0.15, 0.2) is 36.4 Å². The fraction of sp³-hybridized carbons (Fsp3) is 0.444. The Morgan fingerprint density at radius 2 is 1.89 bits per heavy atom. The monoisotopic (exact) mass is 513 g/mol. The van der Waals surface area contributed by atoms with Gasteiger partial charge in [-0.25, -0.2) is 0 Å². The second kappa shape index (κ2) is 10.5. The summed E-state index contributed by atoms with van der Waals surface area (Å²) in [6.07, 6.45) is -0.711. The number of halogens is 1. The van der Waals surface area contributed by atoms with Crippen molar-refractivity contribution in [3.63, 3.8) is 0 Å². The Morgan fingerprint density at radius 3 is 2.56 bits per heavy atom. The Bertz CT molecular complexity index is 1250. The van der Waals surface area contributed by atoms with Gasteiger partial charge in [-0.15, -0.1) is 10.2 Å². The minimum Gasteiger partial charge on any atom is -0.493 e. The predicted molar refractivity (Wildman–Crippen MR) is 136 cm³/mol. The summed E-state index contributed by atoms with van der Waals surface area (Å²) in [6, 6.07) is 11.3. The van der Waals surface area contributed by atoms with E-state index < -0.39 is 12.2 Å². The van der Waals surface area contributed by atoms with E-state index in [9.17, 15) is 4.79 Å². The van der Waals surface area contributed by atoms with Crippen LogP contribution < -0.4 is 9.47 Å². The van der Waals surface area contributed by atoms with Gasteiger partial charge in [-0.3, -0.25) is 9.36 Å². The van der Waals surface area contributed by atoms with Gasteiger partial charge in [0.25, 0.3) is 0 Å². The fourth-order valence-electron chi connectivity index (χ4n) is 4.50. The van der Waals surface area contributed by atoms with Crippen LogP contribution in [0.5, 0.6) is 11.5 Å². The summed E-state index contributed by atoms with van der Waals surface area (Å²) in [5.74, 6) is 2.04. The molecule has 192 valence electrons.